The van der Waals surface area contributed by atoms with Gasteiger partial charge in [-0.3, -0.25) is 5.41 Å². The Kier molecular flexibility index (Phi) is 4.80. The van der Waals surface area contributed by atoms with Crippen molar-refractivity contribution < 1.29 is 0 Å². The highest BCUT2D eigenvalue weighted by Crippen LogP contribution is 2.27. The molecule has 0 aromatic carbocycles. The van der Waals surface area contributed by atoms with Crippen LogP contribution in [0.1, 0.15) is 32.4 Å². The van der Waals surface area contributed by atoms with E-state index >= 15 is 0 Å². The van der Waals surface area contributed by atoms with E-state index in [1.807, 2.05) is 20.8 Å². The van der Waals surface area contributed by atoms with Gasteiger partial charge in [-0.1, -0.05) is 25.6 Å². The van der Waals surface area contributed by atoms with Crippen molar-refractivity contribution in [2.45, 2.75) is 38.0 Å². The lowest BCUT2D eigenvalue weighted by Gasteiger charge is -2.22. The van der Waals surface area contributed by atoms with Crippen LogP contribution in [0.2, 0.25) is 0 Å². The fourth-order valence-corrected chi connectivity index (χ4v) is 3.07. The van der Waals surface area contributed by atoms with Gasteiger partial charge in [-0.15, -0.1) is 11.3 Å². The summed E-state index contributed by atoms with van der Waals surface area (Å²) in [7, 11) is 0. The van der Waals surface area contributed by atoms with Crippen molar-refractivity contribution in [3.8, 4) is 0 Å². The molecule has 0 spiro atoms. The summed E-state index contributed by atoms with van der Waals surface area (Å²) in [5, 5.41) is 9.53. The summed E-state index contributed by atoms with van der Waals surface area (Å²) in [6, 6.07) is 0. The summed E-state index contributed by atoms with van der Waals surface area (Å²) < 4.78 is 1.14. The molecule has 0 aliphatic carbocycles. The fraction of sp³-hybridized carbons (Fsp3) is 0.636. The number of hydrogen-bond acceptors (Lipinski definition) is 4. The average Bonchev–Trinajstić information content (AvgIpc) is 2.59. The number of rotatable bonds is 6. The highest BCUT2D eigenvalue weighted by Gasteiger charge is 2.20. The molecule has 0 aliphatic heterocycles. The second-order valence-corrected chi connectivity index (χ2v) is 6.70. The summed E-state index contributed by atoms with van der Waals surface area (Å²) in [5.41, 5.74) is 6.46. The number of aromatic nitrogens is 1. The molecule has 3 nitrogen and oxygen atoms in total. The minimum absolute atomic E-state index is 0.167. The lowest BCUT2D eigenvalue weighted by Crippen LogP contribution is -2.30. The lowest BCUT2D eigenvalue weighted by molar-refractivity contribution is 0.464. The van der Waals surface area contributed by atoms with Gasteiger partial charge in [-0.2, -0.15) is 0 Å². The Morgan fingerprint density at radius 1 is 1.62 bits per heavy atom. The molecule has 0 saturated heterocycles. The molecule has 1 heterocycles. The van der Waals surface area contributed by atoms with Crippen molar-refractivity contribution in [2.75, 3.05) is 5.75 Å². The molecule has 0 bridgehead atoms. The number of nitrogens with two attached hydrogens (primary N) is 1. The van der Waals surface area contributed by atoms with E-state index in [2.05, 4.69) is 10.4 Å². The van der Waals surface area contributed by atoms with Gasteiger partial charge in [0, 0.05) is 22.2 Å². The molecule has 3 N–H and O–H groups in total. The highest BCUT2D eigenvalue weighted by atomic mass is 32.2. The number of thiazole rings is 1. The molecule has 0 aliphatic rings. The monoisotopic (exact) mass is 257 g/mol. The van der Waals surface area contributed by atoms with Crippen molar-refractivity contribution in [1.29, 1.82) is 5.41 Å². The zero-order valence-corrected chi connectivity index (χ0v) is 11.7. The summed E-state index contributed by atoms with van der Waals surface area (Å²) >= 11 is 3.49. The van der Waals surface area contributed by atoms with E-state index in [0.717, 1.165) is 28.6 Å². The van der Waals surface area contributed by atoms with E-state index in [0.29, 0.717) is 0 Å². The molecule has 1 aromatic rings. The number of nitrogens with zero attached hydrogens (tertiary/aromatic N) is 1. The Morgan fingerprint density at radius 2 is 2.31 bits per heavy atom. The van der Waals surface area contributed by atoms with E-state index in [9.17, 15) is 0 Å². The van der Waals surface area contributed by atoms with Gasteiger partial charge in [0.15, 0.2) is 0 Å². The molecule has 90 valence electrons. The molecule has 0 saturated carbocycles. The molecular weight excluding hydrogens is 238 g/mol. The molecular formula is C11H19N3S2. The standard InChI is InChI=1S/C11H19N3S2/c1-8-7-16-10(14-8)15-6-4-5-11(2,3)9(12)13/h7H,4-6H2,1-3H3,(H3,12,13). The number of aryl methyl sites for hydroxylation is 1. The SMILES string of the molecule is Cc1csc(SCCCC(C)(C)C(=N)N)n1. The highest BCUT2D eigenvalue weighted by molar-refractivity contribution is 8.00. The van der Waals surface area contributed by atoms with Crippen molar-refractivity contribution in [2.24, 2.45) is 11.1 Å². The van der Waals surface area contributed by atoms with Crippen LogP contribution in [0.15, 0.2) is 9.72 Å². The van der Waals surface area contributed by atoms with E-state index in [4.69, 9.17) is 11.1 Å². The molecule has 1 rings (SSSR count). The first-order valence-electron chi connectivity index (χ1n) is 5.31. The van der Waals surface area contributed by atoms with E-state index in [-0.39, 0.29) is 11.3 Å². The maximum Gasteiger partial charge on any atom is 0.150 e. The van der Waals surface area contributed by atoms with E-state index < -0.39 is 0 Å². The van der Waals surface area contributed by atoms with Crippen LogP contribution < -0.4 is 5.73 Å². The molecule has 1 aromatic heterocycles. The van der Waals surface area contributed by atoms with Crippen LogP contribution in [0, 0.1) is 17.7 Å². The summed E-state index contributed by atoms with van der Waals surface area (Å²) in [6.07, 6.45) is 2.02. The quantitative estimate of drug-likeness (QED) is 0.356. The van der Waals surface area contributed by atoms with Crippen LogP contribution >= 0.6 is 23.1 Å². The summed E-state index contributed by atoms with van der Waals surface area (Å²) in [4.78, 5) is 4.39. The van der Waals surface area contributed by atoms with Gasteiger partial charge < -0.3 is 5.73 Å². The zero-order valence-electron chi connectivity index (χ0n) is 10.0. The predicted molar refractivity (Wildman–Crippen MR) is 72.5 cm³/mol. The van der Waals surface area contributed by atoms with Crippen LogP contribution in [0.25, 0.3) is 0 Å². The second kappa shape index (κ2) is 5.68. The molecule has 0 atom stereocenters. The lowest BCUT2D eigenvalue weighted by atomic mass is 9.87. The van der Waals surface area contributed by atoms with Crippen LogP contribution in [0.3, 0.4) is 0 Å². The van der Waals surface area contributed by atoms with Gasteiger partial charge in [0.05, 0.1) is 5.84 Å². The Morgan fingerprint density at radius 3 is 2.81 bits per heavy atom. The number of thioether (sulfide) groups is 1. The average molecular weight is 257 g/mol. The molecule has 0 radical (unpaired) electrons. The number of amidine groups is 1. The number of hydrogen-bond donors (Lipinski definition) is 2. The third kappa shape index (κ3) is 4.14. The first-order valence-corrected chi connectivity index (χ1v) is 7.18. The molecule has 0 amide bonds. The molecule has 16 heavy (non-hydrogen) atoms. The number of nitrogens with one attached hydrogen (secondary N) is 1. The van der Waals surface area contributed by atoms with E-state index in [1.165, 1.54) is 0 Å². The van der Waals surface area contributed by atoms with Gasteiger partial charge in [0.1, 0.15) is 4.34 Å². The van der Waals surface area contributed by atoms with E-state index in [1.54, 1.807) is 23.1 Å². The summed E-state index contributed by atoms with van der Waals surface area (Å²) in [5.74, 6) is 1.33. The van der Waals surface area contributed by atoms with Gasteiger partial charge in [0.2, 0.25) is 0 Å². The van der Waals surface area contributed by atoms with Crippen LogP contribution in [0.4, 0.5) is 0 Å². The molecule has 0 fully saturated rings. The normalized spacial score (nSPS) is 11.7. The van der Waals surface area contributed by atoms with Crippen molar-refractivity contribution in [3.63, 3.8) is 0 Å². The molecule has 0 unspecified atom stereocenters. The minimum atomic E-state index is -0.167. The van der Waals surface area contributed by atoms with Gasteiger partial charge >= 0.3 is 0 Å². The van der Waals surface area contributed by atoms with Gasteiger partial charge in [0.25, 0.3) is 0 Å². The Balaban J connectivity index is 2.24. The maximum atomic E-state index is 7.46. The maximum absolute atomic E-state index is 7.46. The minimum Gasteiger partial charge on any atom is -0.387 e. The Bertz CT molecular complexity index is 358. The largest absolute Gasteiger partial charge is 0.387 e. The van der Waals surface area contributed by atoms with Crippen LogP contribution in [-0.4, -0.2) is 16.6 Å². The Labute approximate surface area is 105 Å². The second-order valence-electron chi connectivity index (χ2n) is 4.50. The Hall–Kier alpha value is -0.550. The smallest absolute Gasteiger partial charge is 0.150 e. The van der Waals surface area contributed by atoms with Crippen LogP contribution in [0.5, 0.6) is 0 Å². The summed E-state index contributed by atoms with van der Waals surface area (Å²) in [6.45, 7) is 6.06. The molecule has 5 heteroatoms. The first-order chi connectivity index (χ1) is 7.42. The van der Waals surface area contributed by atoms with Gasteiger partial charge in [-0.25, -0.2) is 4.98 Å². The zero-order chi connectivity index (χ0) is 12.2. The van der Waals surface area contributed by atoms with Crippen molar-refractivity contribution in [3.05, 3.63) is 11.1 Å². The third-order valence-electron chi connectivity index (χ3n) is 2.50. The predicted octanol–water partition coefficient (Wildman–Crippen LogP) is 3.29. The first kappa shape index (κ1) is 13.5. The van der Waals surface area contributed by atoms with Crippen molar-refractivity contribution >= 4 is 28.9 Å². The fourth-order valence-electron chi connectivity index (χ4n) is 1.21. The topological polar surface area (TPSA) is 62.8 Å². The van der Waals surface area contributed by atoms with Crippen molar-refractivity contribution in [1.82, 2.24) is 4.98 Å². The van der Waals surface area contributed by atoms with Crippen LogP contribution in [-0.2, 0) is 0 Å². The third-order valence-corrected chi connectivity index (χ3v) is 4.72. The van der Waals surface area contributed by atoms with Gasteiger partial charge in [-0.05, 0) is 19.8 Å².